The Morgan fingerprint density at radius 1 is 1.12 bits per heavy atom. The number of fused-ring (bicyclic) bond motifs is 1. The van der Waals surface area contributed by atoms with Crippen LogP contribution in [0.1, 0.15) is 19.4 Å². The van der Waals surface area contributed by atoms with Crippen molar-refractivity contribution >= 4 is 11.6 Å². The first-order chi connectivity index (χ1) is 11.5. The summed E-state index contributed by atoms with van der Waals surface area (Å²) >= 11 is 0. The van der Waals surface area contributed by atoms with E-state index in [0.29, 0.717) is 0 Å². The van der Waals surface area contributed by atoms with Crippen LogP contribution in [0.4, 0.5) is 5.69 Å². The number of aromatic amines is 1. The molecule has 0 atom stereocenters. The summed E-state index contributed by atoms with van der Waals surface area (Å²) < 4.78 is 0. The van der Waals surface area contributed by atoms with Crippen molar-refractivity contribution in [3.63, 3.8) is 0 Å². The largest absolute Gasteiger partial charge is 0.314 e. The van der Waals surface area contributed by atoms with Gasteiger partial charge in [-0.05, 0) is 43.7 Å². The lowest BCUT2D eigenvalue weighted by Crippen LogP contribution is -2.33. The lowest BCUT2D eigenvalue weighted by molar-refractivity contribution is -0.121. The minimum Gasteiger partial charge on any atom is -0.314 e. The van der Waals surface area contributed by atoms with Gasteiger partial charge in [-0.15, -0.1) is 0 Å². The van der Waals surface area contributed by atoms with Gasteiger partial charge in [-0.3, -0.25) is 14.9 Å². The van der Waals surface area contributed by atoms with Crippen LogP contribution in [0, 0.1) is 0 Å². The standard InChI is InChI=1S/C19H18N4O/c1-19(2)14-7-6-12(9-17(14)23(3)18(19)24)15-10-16(22-21-15)13-5-4-8-20-11-13/h4-11H,1-3H3,(H,21,22). The molecule has 1 N–H and O–H groups in total. The number of pyridine rings is 1. The van der Waals surface area contributed by atoms with E-state index in [-0.39, 0.29) is 5.91 Å². The smallest absolute Gasteiger partial charge is 0.236 e. The van der Waals surface area contributed by atoms with E-state index in [9.17, 15) is 4.79 Å². The predicted molar refractivity (Wildman–Crippen MR) is 93.7 cm³/mol. The van der Waals surface area contributed by atoms with Gasteiger partial charge in [-0.2, -0.15) is 5.10 Å². The van der Waals surface area contributed by atoms with Crippen molar-refractivity contribution < 1.29 is 4.79 Å². The van der Waals surface area contributed by atoms with E-state index in [4.69, 9.17) is 0 Å². The summed E-state index contributed by atoms with van der Waals surface area (Å²) in [5.41, 5.74) is 5.29. The molecule has 1 aliphatic heterocycles. The lowest BCUT2D eigenvalue weighted by atomic mass is 9.85. The molecule has 3 heterocycles. The van der Waals surface area contributed by atoms with Gasteiger partial charge in [0.15, 0.2) is 0 Å². The summed E-state index contributed by atoms with van der Waals surface area (Å²) in [6.07, 6.45) is 3.53. The fourth-order valence-corrected chi connectivity index (χ4v) is 3.28. The van der Waals surface area contributed by atoms with Crippen LogP contribution in [0.3, 0.4) is 0 Å². The molecule has 0 spiro atoms. The van der Waals surface area contributed by atoms with E-state index in [2.05, 4.69) is 15.2 Å². The van der Waals surface area contributed by atoms with Crippen molar-refractivity contribution in [2.75, 3.05) is 11.9 Å². The molecule has 0 saturated heterocycles. The molecule has 2 aromatic heterocycles. The van der Waals surface area contributed by atoms with E-state index >= 15 is 0 Å². The van der Waals surface area contributed by atoms with Crippen LogP contribution in [0.2, 0.25) is 0 Å². The minimum absolute atomic E-state index is 0.121. The van der Waals surface area contributed by atoms with Gasteiger partial charge >= 0.3 is 0 Å². The Hall–Kier alpha value is -2.95. The second-order valence-corrected chi connectivity index (χ2v) is 6.63. The van der Waals surface area contributed by atoms with Crippen LogP contribution in [-0.2, 0) is 10.2 Å². The fraction of sp³-hybridized carbons (Fsp3) is 0.211. The maximum atomic E-state index is 12.4. The predicted octanol–water partition coefficient (Wildman–Crippen LogP) is 3.39. The number of hydrogen-bond acceptors (Lipinski definition) is 3. The Balaban J connectivity index is 1.75. The molecule has 3 aromatic rings. The van der Waals surface area contributed by atoms with E-state index in [1.54, 1.807) is 17.3 Å². The van der Waals surface area contributed by atoms with Gasteiger partial charge < -0.3 is 4.90 Å². The molecule has 1 aromatic carbocycles. The van der Waals surface area contributed by atoms with Crippen molar-refractivity contribution in [3.05, 3.63) is 54.4 Å². The summed E-state index contributed by atoms with van der Waals surface area (Å²) in [4.78, 5) is 18.3. The number of nitrogens with one attached hydrogen (secondary N) is 1. The second-order valence-electron chi connectivity index (χ2n) is 6.63. The molecule has 0 saturated carbocycles. The van der Waals surface area contributed by atoms with Gasteiger partial charge in [-0.25, -0.2) is 0 Å². The summed E-state index contributed by atoms with van der Waals surface area (Å²) in [5.74, 6) is 0.121. The molecule has 0 fully saturated rings. The zero-order valence-corrected chi connectivity index (χ0v) is 13.9. The fourth-order valence-electron chi connectivity index (χ4n) is 3.28. The van der Waals surface area contributed by atoms with Crippen molar-refractivity contribution in [2.24, 2.45) is 0 Å². The summed E-state index contributed by atoms with van der Waals surface area (Å²) in [7, 11) is 1.83. The number of likely N-dealkylation sites (N-methyl/N-ethyl adjacent to an activating group) is 1. The highest BCUT2D eigenvalue weighted by molar-refractivity contribution is 6.07. The van der Waals surface area contributed by atoms with E-state index in [1.165, 1.54) is 0 Å². The average molecular weight is 318 g/mol. The van der Waals surface area contributed by atoms with Crippen LogP contribution in [0.15, 0.2) is 48.8 Å². The molecular formula is C19H18N4O. The molecule has 0 bridgehead atoms. The zero-order valence-electron chi connectivity index (χ0n) is 13.9. The molecule has 0 aliphatic carbocycles. The van der Waals surface area contributed by atoms with E-state index < -0.39 is 5.41 Å². The van der Waals surface area contributed by atoms with Crippen LogP contribution >= 0.6 is 0 Å². The molecule has 1 amide bonds. The lowest BCUT2D eigenvalue weighted by Gasteiger charge is -2.16. The van der Waals surface area contributed by atoms with Gasteiger partial charge in [0.2, 0.25) is 5.91 Å². The number of hydrogen-bond donors (Lipinski definition) is 1. The van der Waals surface area contributed by atoms with Crippen LogP contribution in [-0.4, -0.2) is 28.1 Å². The number of carbonyl (C=O) groups is 1. The maximum Gasteiger partial charge on any atom is 0.236 e. The third-order valence-corrected chi connectivity index (χ3v) is 4.72. The first kappa shape index (κ1) is 14.6. The van der Waals surface area contributed by atoms with E-state index in [1.807, 2.05) is 57.3 Å². The van der Waals surface area contributed by atoms with Gasteiger partial charge in [0.1, 0.15) is 0 Å². The van der Waals surface area contributed by atoms with Crippen LogP contribution < -0.4 is 4.90 Å². The topological polar surface area (TPSA) is 61.9 Å². The SMILES string of the molecule is CN1C(=O)C(C)(C)c2ccc(-c3cc(-c4cccnc4)n[nH]3)cc21. The summed E-state index contributed by atoms with van der Waals surface area (Å²) in [5, 5.41) is 7.45. The molecule has 5 nitrogen and oxygen atoms in total. The summed E-state index contributed by atoms with van der Waals surface area (Å²) in [6, 6.07) is 12.0. The number of benzene rings is 1. The van der Waals surface area contributed by atoms with Gasteiger partial charge in [0.05, 0.1) is 16.8 Å². The third-order valence-electron chi connectivity index (χ3n) is 4.72. The highest BCUT2D eigenvalue weighted by Crippen LogP contribution is 2.42. The molecule has 0 radical (unpaired) electrons. The van der Waals surface area contributed by atoms with Crippen LogP contribution in [0.25, 0.3) is 22.5 Å². The Kier molecular flexibility index (Phi) is 3.06. The normalized spacial score (nSPS) is 15.6. The van der Waals surface area contributed by atoms with Crippen molar-refractivity contribution in [3.8, 4) is 22.5 Å². The highest BCUT2D eigenvalue weighted by atomic mass is 16.2. The Morgan fingerprint density at radius 3 is 2.71 bits per heavy atom. The Morgan fingerprint density at radius 2 is 1.96 bits per heavy atom. The zero-order chi connectivity index (χ0) is 16.9. The van der Waals surface area contributed by atoms with E-state index in [0.717, 1.165) is 33.8 Å². The number of H-pyrrole nitrogens is 1. The highest BCUT2D eigenvalue weighted by Gasteiger charge is 2.42. The van der Waals surface area contributed by atoms with Gasteiger partial charge in [0, 0.05) is 36.3 Å². The number of rotatable bonds is 2. The van der Waals surface area contributed by atoms with Crippen LogP contribution in [0.5, 0.6) is 0 Å². The number of carbonyl (C=O) groups excluding carboxylic acids is 1. The first-order valence-corrected chi connectivity index (χ1v) is 7.87. The average Bonchev–Trinajstić information content (AvgIpc) is 3.16. The van der Waals surface area contributed by atoms with Crippen molar-refractivity contribution in [1.82, 2.24) is 15.2 Å². The molecular weight excluding hydrogens is 300 g/mol. The Labute approximate surface area is 140 Å². The molecule has 0 unspecified atom stereocenters. The quantitative estimate of drug-likeness (QED) is 0.788. The summed E-state index contributed by atoms with van der Waals surface area (Å²) in [6.45, 7) is 3.93. The molecule has 4 rings (SSSR count). The van der Waals surface area contributed by atoms with Gasteiger partial charge in [0.25, 0.3) is 0 Å². The first-order valence-electron chi connectivity index (χ1n) is 7.87. The number of nitrogens with zero attached hydrogens (tertiary/aromatic N) is 3. The maximum absolute atomic E-state index is 12.4. The van der Waals surface area contributed by atoms with Crippen molar-refractivity contribution in [1.29, 1.82) is 0 Å². The number of aromatic nitrogens is 3. The number of anilines is 1. The monoisotopic (exact) mass is 318 g/mol. The second kappa shape index (κ2) is 5.03. The molecule has 1 aliphatic rings. The van der Waals surface area contributed by atoms with Crippen molar-refractivity contribution in [2.45, 2.75) is 19.3 Å². The third kappa shape index (κ3) is 2.05. The number of amides is 1. The molecule has 120 valence electrons. The minimum atomic E-state index is -0.475. The molecule has 5 heteroatoms. The van der Waals surface area contributed by atoms with Gasteiger partial charge in [-0.1, -0.05) is 12.1 Å². The molecule has 24 heavy (non-hydrogen) atoms. The Bertz CT molecular complexity index is 928.